The van der Waals surface area contributed by atoms with E-state index in [1.807, 2.05) is 11.5 Å². The van der Waals surface area contributed by atoms with Crippen LogP contribution < -0.4 is 5.32 Å². The molecule has 2 rings (SSSR count). The number of benzene rings is 1. The number of carbonyl (C=O) groups is 2. The monoisotopic (exact) mass is 336 g/mol. The molecule has 0 fully saturated rings. The Morgan fingerprint density at radius 3 is 2.59 bits per heavy atom. The van der Waals surface area contributed by atoms with Crippen molar-refractivity contribution in [3.05, 3.63) is 35.4 Å². The topological polar surface area (TPSA) is 90.2 Å². The zero-order valence-electron chi connectivity index (χ0n) is 11.5. The Balaban J connectivity index is 2.13. The Labute approximate surface area is 137 Å². The lowest BCUT2D eigenvalue weighted by molar-refractivity contribution is -0.146. The number of nitrogens with one attached hydrogen (secondary N) is 1. The molecule has 0 heterocycles. The molecule has 0 saturated heterocycles. The summed E-state index contributed by atoms with van der Waals surface area (Å²) in [7, 11) is 0. The summed E-state index contributed by atoms with van der Waals surface area (Å²) in [5, 5.41) is 22.7. The van der Waals surface area contributed by atoms with Crippen molar-refractivity contribution in [1.82, 2.24) is 0 Å². The van der Waals surface area contributed by atoms with Gasteiger partial charge in [0, 0.05) is 4.90 Å². The van der Waals surface area contributed by atoms with Gasteiger partial charge >= 0.3 is 5.97 Å². The van der Waals surface area contributed by atoms with Gasteiger partial charge in [-0.2, -0.15) is 5.26 Å². The second kappa shape index (κ2) is 7.34. The molecule has 2 N–H and O–H groups in total. The van der Waals surface area contributed by atoms with Gasteiger partial charge < -0.3 is 10.4 Å². The number of hydrogen-bond donors (Lipinski definition) is 2. The molecule has 0 radical (unpaired) electrons. The lowest BCUT2D eigenvalue weighted by Gasteiger charge is -2.24. The first-order valence-corrected chi connectivity index (χ1v) is 7.76. The van der Waals surface area contributed by atoms with Crippen LogP contribution in [-0.4, -0.2) is 17.0 Å². The number of amides is 1. The van der Waals surface area contributed by atoms with Crippen molar-refractivity contribution >= 4 is 40.9 Å². The first-order valence-electron chi connectivity index (χ1n) is 6.57. The zero-order chi connectivity index (χ0) is 16.1. The molecular formula is C15H13ClN2O3S. The van der Waals surface area contributed by atoms with Crippen LogP contribution in [0.3, 0.4) is 0 Å². The van der Waals surface area contributed by atoms with Crippen LogP contribution in [0, 0.1) is 22.5 Å². The van der Waals surface area contributed by atoms with Crippen LogP contribution in [0.2, 0.25) is 5.02 Å². The van der Waals surface area contributed by atoms with Crippen LogP contribution in [0.1, 0.15) is 12.8 Å². The lowest BCUT2D eigenvalue weighted by Crippen LogP contribution is -2.34. The number of carboxylic acids is 1. The Kier molecular flexibility index (Phi) is 5.47. The first kappa shape index (κ1) is 16.4. The van der Waals surface area contributed by atoms with Gasteiger partial charge in [-0.15, -0.1) is 0 Å². The fourth-order valence-corrected chi connectivity index (χ4v) is 3.03. The van der Waals surface area contributed by atoms with Gasteiger partial charge in [0.2, 0.25) is 5.91 Å². The third-order valence-electron chi connectivity index (χ3n) is 3.45. The van der Waals surface area contributed by atoms with Gasteiger partial charge in [0.05, 0.1) is 22.5 Å². The van der Waals surface area contributed by atoms with Gasteiger partial charge in [0.25, 0.3) is 0 Å². The number of carbonyl (C=O) groups excluding carboxylic acids is 1. The maximum atomic E-state index is 12.3. The predicted octanol–water partition coefficient (Wildman–Crippen LogP) is 3.52. The van der Waals surface area contributed by atoms with Gasteiger partial charge in [-0.25, -0.2) is 0 Å². The molecule has 1 aromatic rings. The highest BCUT2D eigenvalue weighted by Gasteiger charge is 2.34. The number of halogens is 1. The fraction of sp³-hybridized carbons (Fsp3) is 0.267. The highest BCUT2D eigenvalue weighted by atomic mass is 35.5. The molecule has 0 aromatic heterocycles. The van der Waals surface area contributed by atoms with Crippen LogP contribution >= 0.6 is 23.4 Å². The van der Waals surface area contributed by atoms with Crippen molar-refractivity contribution in [2.24, 2.45) is 11.8 Å². The van der Waals surface area contributed by atoms with Crippen LogP contribution in [-0.2, 0) is 9.59 Å². The van der Waals surface area contributed by atoms with Crippen LogP contribution in [0.4, 0.5) is 5.69 Å². The Bertz CT molecular complexity index is 669. The van der Waals surface area contributed by atoms with Gasteiger partial charge in [0.15, 0.2) is 0 Å². The Morgan fingerprint density at radius 1 is 1.32 bits per heavy atom. The lowest BCUT2D eigenvalue weighted by atomic mass is 9.82. The van der Waals surface area contributed by atoms with E-state index in [4.69, 9.17) is 16.9 Å². The minimum Gasteiger partial charge on any atom is -0.481 e. The molecule has 22 heavy (non-hydrogen) atoms. The molecule has 0 unspecified atom stereocenters. The standard InChI is InChI=1S/C15H13ClN2O3S/c16-12-7-9(22-8-17)5-6-13(12)18-14(19)10-3-1-2-4-11(10)15(20)21/h1-2,5-7,10-11H,3-4H2,(H,18,19)(H,20,21)/t10-,11-/m1/s1. The van der Waals surface area contributed by atoms with E-state index in [0.29, 0.717) is 28.4 Å². The summed E-state index contributed by atoms with van der Waals surface area (Å²) in [6, 6.07) is 4.86. The summed E-state index contributed by atoms with van der Waals surface area (Å²) < 4.78 is 0. The summed E-state index contributed by atoms with van der Waals surface area (Å²) in [4.78, 5) is 24.2. The van der Waals surface area contributed by atoms with E-state index in [0.717, 1.165) is 11.8 Å². The minimum atomic E-state index is -0.976. The van der Waals surface area contributed by atoms with Gasteiger partial charge in [0.1, 0.15) is 5.40 Å². The Hall–Kier alpha value is -1.97. The van der Waals surface area contributed by atoms with E-state index in [2.05, 4.69) is 5.32 Å². The van der Waals surface area contributed by atoms with Crippen molar-refractivity contribution in [2.75, 3.05) is 5.32 Å². The normalized spacial score (nSPS) is 20.2. The molecule has 1 aromatic carbocycles. The van der Waals surface area contributed by atoms with Crippen molar-refractivity contribution in [3.63, 3.8) is 0 Å². The number of thiocyanates is 1. The number of anilines is 1. The van der Waals surface area contributed by atoms with Crippen molar-refractivity contribution in [2.45, 2.75) is 17.7 Å². The van der Waals surface area contributed by atoms with E-state index in [1.54, 1.807) is 24.3 Å². The smallest absolute Gasteiger partial charge is 0.307 e. The zero-order valence-corrected chi connectivity index (χ0v) is 13.0. The second-order valence-corrected chi connectivity index (χ2v) is 6.08. The molecule has 1 amide bonds. The largest absolute Gasteiger partial charge is 0.481 e. The highest BCUT2D eigenvalue weighted by molar-refractivity contribution is 8.03. The quantitative estimate of drug-likeness (QED) is 0.498. The summed E-state index contributed by atoms with van der Waals surface area (Å²) in [5.41, 5.74) is 0.410. The van der Waals surface area contributed by atoms with E-state index < -0.39 is 17.8 Å². The number of allylic oxidation sites excluding steroid dienone is 2. The van der Waals surface area contributed by atoms with E-state index >= 15 is 0 Å². The molecule has 2 atom stereocenters. The van der Waals surface area contributed by atoms with E-state index in [9.17, 15) is 14.7 Å². The number of aliphatic carboxylic acids is 1. The fourth-order valence-electron chi connectivity index (χ4n) is 2.32. The molecule has 0 bridgehead atoms. The molecule has 1 aliphatic rings. The van der Waals surface area contributed by atoms with Crippen LogP contribution in [0.5, 0.6) is 0 Å². The van der Waals surface area contributed by atoms with Crippen LogP contribution in [0.15, 0.2) is 35.2 Å². The maximum absolute atomic E-state index is 12.3. The summed E-state index contributed by atoms with van der Waals surface area (Å²) in [6.45, 7) is 0. The van der Waals surface area contributed by atoms with E-state index in [1.165, 1.54) is 0 Å². The minimum absolute atomic E-state index is 0.312. The third kappa shape index (κ3) is 3.81. The number of nitrogens with zero attached hydrogens (tertiary/aromatic N) is 1. The van der Waals surface area contributed by atoms with Crippen molar-refractivity contribution in [1.29, 1.82) is 5.26 Å². The summed E-state index contributed by atoms with van der Waals surface area (Å²) in [5.74, 6) is -2.68. The number of nitriles is 1. The van der Waals surface area contributed by atoms with Crippen LogP contribution in [0.25, 0.3) is 0 Å². The molecule has 5 nitrogen and oxygen atoms in total. The average molecular weight is 337 g/mol. The highest BCUT2D eigenvalue weighted by Crippen LogP contribution is 2.31. The summed E-state index contributed by atoms with van der Waals surface area (Å²) >= 11 is 7.05. The van der Waals surface area contributed by atoms with Gasteiger partial charge in [-0.1, -0.05) is 23.8 Å². The summed E-state index contributed by atoms with van der Waals surface area (Å²) in [6.07, 6.45) is 4.34. The number of rotatable bonds is 4. The SMILES string of the molecule is N#CSc1ccc(NC(=O)[C@@H]2CC=CC[C@H]2C(=O)O)c(Cl)c1. The second-order valence-electron chi connectivity index (χ2n) is 4.82. The first-order chi connectivity index (χ1) is 10.5. The average Bonchev–Trinajstić information content (AvgIpc) is 2.50. The number of carboxylic acid groups (broad SMARTS) is 1. The molecule has 1 aliphatic carbocycles. The molecule has 7 heteroatoms. The van der Waals surface area contributed by atoms with E-state index in [-0.39, 0.29) is 5.91 Å². The van der Waals surface area contributed by atoms with Crippen molar-refractivity contribution in [3.8, 4) is 5.40 Å². The predicted molar refractivity (Wildman–Crippen MR) is 84.5 cm³/mol. The molecule has 0 spiro atoms. The maximum Gasteiger partial charge on any atom is 0.307 e. The molecule has 0 aliphatic heterocycles. The molecule has 0 saturated carbocycles. The molecule has 114 valence electrons. The van der Waals surface area contributed by atoms with Gasteiger partial charge in [-0.3, -0.25) is 9.59 Å². The third-order valence-corrected chi connectivity index (χ3v) is 4.34. The number of hydrogen-bond acceptors (Lipinski definition) is 4. The molecular weight excluding hydrogens is 324 g/mol. The van der Waals surface area contributed by atoms with Gasteiger partial charge in [-0.05, 0) is 42.8 Å². The Morgan fingerprint density at radius 2 is 2.00 bits per heavy atom. The van der Waals surface area contributed by atoms with Crippen molar-refractivity contribution < 1.29 is 14.7 Å². The number of thioether (sulfide) groups is 1.